The van der Waals surface area contributed by atoms with Crippen molar-refractivity contribution in [2.24, 2.45) is 0 Å². The van der Waals surface area contributed by atoms with Crippen LogP contribution in [0.2, 0.25) is 0 Å². The maximum Gasteiger partial charge on any atom is 0.0686 e. The molecule has 0 aromatic heterocycles. The van der Waals surface area contributed by atoms with E-state index in [1.165, 1.54) is 0 Å². The summed E-state index contributed by atoms with van der Waals surface area (Å²) in [5.41, 5.74) is 0. The Labute approximate surface area is 60.5 Å². The minimum absolute atomic E-state index is 0.00196. The Hall–Kier alpha value is -0.160. The molecule has 0 amide bonds. The van der Waals surface area contributed by atoms with Gasteiger partial charge in [0.1, 0.15) is 0 Å². The zero-order valence-electron chi connectivity index (χ0n) is 5.95. The number of rotatable bonds is 6. The first-order valence-electron chi connectivity index (χ1n) is 3.41. The highest BCUT2D eigenvalue weighted by Crippen LogP contribution is 1.85. The topological polar surface area (TPSA) is 72.7 Å². The van der Waals surface area contributed by atoms with Gasteiger partial charge in [0.15, 0.2) is 0 Å². The van der Waals surface area contributed by atoms with Crippen molar-refractivity contribution in [2.75, 3.05) is 26.3 Å². The number of hydrogen-bond donors (Lipinski definition) is 4. The zero-order chi connectivity index (χ0) is 7.82. The molecule has 0 aromatic rings. The maximum absolute atomic E-state index is 8.97. The fourth-order valence-electron chi connectivity index (χ4n) is 0.599. The van der Waals surface area contributed by atoms with Gasteiger partial charge in [-0.1, -0.05) is 0 Å². The van der Waals surface area contributed by atoms with E-state index in [-0.39, 0.29) is 13.2 Å². The standard InChI is InChI=1S/C6H15NO3/c8-3-1-6(10)5-7-2-4-9/h6-10H,1-5H2. The van der Waals surface area contributed by atoms with Gasteiger partial charge in [-0.15, -0.1) is 0 Å². The van der Waals surface area contributed by atoms with Crippen molar-refractivity contribution in [3.8, 4) is 0 Å². The van der Waals surface area contributed by atoms with E-state index in [9.17, 15) is 0 Å². The minimum Gasteiger partial charge on any atom is -0.396 e. The van der Waals surface area contributed by atoms with Gasteiger partial charge in [0.25, 0.3) is 0 Å². The molecule has 0 rings (SSSR count). The summed E-state index contributed by atoms with van der Waals surface area (Å²) in [7, 11) is 0. The van der Waals surface area contributed by atoms with E-state index >= 15 is 0 Å². The van der Waals surface area contributed by atoms with Crippen LogP contribution in [0, 0.1) is 0 Å². The van der Waals surface area contributed by atoms with Crippen molar-refractivity contribution >= 4 is 0 Å². The molecule has 62 valence electrons. The van der Waals surface area contributed by atoms with Crippen molar-refractivity contribution < 1.29 is 15.3 Å². The molecule has 0 radical (unpaired) electrons. The van der Waals surface area contributed by atoms with Crippen LogP contribution in [0.15, 0.2) is 0 Å². The van der Waals surface area contributed by atoms with Crippen LogP contribution in [0.25, 0.3) is 0 Å². The predicted molar refractivity (Wildman–Crippen MR) is 37.7 cm³/mol. The first-order chi connectivity index (χ1) is 4.81. The molecule has 0 bridgehead atoms. The molecule has 4 nitrogen and oxygen atoms in total. The molecule has 0 aliphatic rings. The van der Waals surface area contributed by atoms with Crippen molar-refractivity contribution in [3.63, 3.8) is 0 Å². The van der Waals surface area contributed by atoms with Gasteiger partial charge in [0, 0.05) is 19.7 Å². The number of aliphatic hydroxyl groups excluding tert-OH is 3. The van der Waals surface area contributed by atoms with Crippen molar-refractivity contribution in [2.45, 2.75) is 12.5 Å². The number of aliphatic hydroxyl groups is 3. The third-order valence-electron chi connectivity index (χ3n) is 1.13. The van der Waals surface area contributed by atoms with E-state index < -0.39 is 6.10 Å². The molecule has 4 N–H and O–H groups in total. The normalized spacial score (nSPS) is 13.5. The Morgan fingerprint density at radius 3 is 2.40 bits per heavy atom. The molecular formula is C6H15NO3. The van der Waals surface area contributed by atoms with Crippen LogP contribution in [0.3, 0.4) is 0 Å². The third-order valence-corrected chi connectivity index (χ3v) is 1.13. The number of nitrogens with one attached hydrogen (secondary N) is 1. The molecule has 4 heteroatoms. The molecule has 0 aliphatic carbocycles. The first kappa shape index (κ1) is 9.84. The van der Waals surface area contributed by atoms with Gasteiger partial charge in [-0.3, -0.25) is 0 Å². The Morgan fingerprint density at radius 2 is 1.90 bits per heavy atom. The predicted octanol–water partition coefficient (Wildman–Crippen LogP) is -1.69. The summed E-state index contributed by atoms with van der Waals surface area (Å²) in [6.07, 6.45) is -0.116. The molecule has 0 aliphatic heterocycles. The molecule has 0 fully saturated rings. The largest absolute Gasteiger partial charge is 0.396 e. The van der Waals surface area contributed by atoms with Crippen LogP contribution in [-0.4, -0.2) is 47.7 Å². The molecule has 1 atom stereocenters. The quantitative estimate of drug-likeness (QED) is 0.340. The molecule has 0 saturated heterocycles. The lowest BCUT2D eigenvalue weighted by atomic mass is 10.2. The van der Waals surface area contributed by atoms with E-state index in [2.05, 4.69) is 5.32 Å². The van der Waals surface area contributed by atoms with Gasteiger partial charge in [-0.05, 0) is 6.42 Å². The lowest BCUT2D eigenvalue weighted by molar-refractivity contribution is 0.129. The lowest BCUT2D eigenvalue weighted by Crippen LogP contribution is -2.29. The van der Waals surface area contributed by atoms with Gasteiger partial charge in [-0.2, -0.15) is 0 Å². The first-order valence-corrected chi connectivity index (χ1v) is 3.41. The Morgan fingerprint density at radius 1 is 1.20 bits per heavy atom. The Balaban J connectivity index is 2.97. The molecular weight excluding hydrogens is 134 g/mol. The third kappa shape index (κ3) is 5.97. The lowest BCUT2D eigenvalue weighted by Gasteiger charge is -2.08. The van der Waals surface area contributed by atoms with Gasteiger partial charge in [0.2, 0.25) is 0 Å². The van der Waals surface area contributed by atoms with E-state index in [4.69, 9.17) is 15.3 Å². The summed E-state index contributed by atoms with van der Waals surface area (Å²) in [6.45, 7) is 0.997. The molecule has 0 heterocycles. The van der Waals surface area contributed by atoms with Gasteiger partial charge >= 0.3 is 0 Å². The monoisotopic (exact) mass is 149 g/mol. The second-order valence-corrected chi connectivity index (χ2v) is 2.09. The molecule has 0 spiro atoms. The summed E-state index contributed by atoms with van der Waals surface area (Å²) < 4.78 is 0. The fraction of sp³-hybridized carbons (Fsp3) is 1.00. The van der Waals surface area contributed by atoms with Crippen molar-refractivity contribution in [1.29, 1.82) is 0 Å². The minimum atomic E-state index is -0.503. The Kier molecular flexibility index (Phi) is 6.84. The average Bonchev–Trinajstić information content (AvgIpc) is 1.89. The second-order valence-electron chi connectivity index (χ2n) is 2.09. The SMILES string of the molecule is OCCNCC(O)CCO. The summed E-state index contributed by atoms with van der Waals surface area (Å²) in [5.74, 6) is 0. The van der Waals surface area contributed by atoms with E-state index in [1.807, 2.05) is 0 Å². The highest BCUT2D eigenvalue weighted by Gasteiger charge is 2.00. The average molecular weight is 149 g/mol. The highest BCUT2D eigenvalue weighted by atomic mass is 16.3. The zero-order valence-corrected chi connectivity index (χ0v) is 5.95. The second kappa shape index (κ2) is 6.95. The maximum atomic E-state index is 8.97. The van der Waals surface area contributed by atoms with Crippen LogP contribution in [0.1, 0.15) is 6.42 Å². The summed E-state index contributed by atoms with van der Waals surface area (Å²) >= 11 is 0. The molecule has 0 saturated carbocycles. The molecule has 1 unspecified atom stereocenters. The van der Waals surface area contributed by atoms with E-state index in [0.717, 1.165) is 0 Å². The smallest absolute Gasteiger partial charge is 0.0686 e. The molecule has 0 aromatic carbocycles. The van der Waals surface area contributed by atoms with Crippen molar-refractivity contribution in [1.82, 2.24) is 5.32 Å². The van der Waals surface area contributed by atoms with Gasteiger partial charge in [-0.25, -0.2) is 0 Å². The van der Waals surface area contributed by atoms with Crippen LogP contribution >= 0.6 is 0 Å². The van der Waals surface area contributed by atoms with Crippen LogP contribution in [0.5, 0.6) is 0 Å². The van der Waals surface area contributed by atoms with Crippen molar-refractivity contribution in [3.05, 3.63) is 0 Å². The molecule has 10 heavy (non-hydrogen) atoms. The summed E-state index contributed by atoms with van der Waals surface area (Å²) in [5, 5.41) is 28.5. The summed E-state index contributed by atoms with van der Waals surface area (Å²) in [4.78, 5) is 0. The van der Waals surface area contributed by atoms with Gasteiger partial charge in [0.05, 0.1) is 12.7 Å². The van der Waals surface area contributed by atoms with Gasteiger partial charge < -0.3 is 20.6 Å². The summed E-state index contributed by atoms with van der Waals surface area (Å²) in [6, 6.07) is 0. The van der Waals surface area contributed by atoms with E-state index in [1.54, 1.807) is 0 Å². The van der Waals surface area contributed by atoms with Crippen LogP contribution < -0.4 is 5.32 Å². The van der Waals surface area contributed by atoms with Crippen LogP contribution in [-0.2, 0) is 0 Å². The van der Waals surface area contributed by atoms with E-state index in [0.29, 0.717) is 19.5 Å². The Bertz CT molecular complexity index is 70.0. The van der Waals surface area contributed by atoms with Crippen LogP contribution in [0.4, 0.5) is 0 Å². The number of hydrogen-bond acceptors (Lipinski definition) is 4. The highest BCUT2D eigenvalue weighted by molar-refractivity contribution is 4.57. The fourth-order valence-corrected chi connectivity index (χ4v) is 0.599.